The fourth-order valence-electron chi connectivity index (χ4n) is 3.88. The van der Waals surface area contributed by atoms with Gasteiger partial charge in [0.1, 0.15) is 5.60 Å². The molecular formula is C19H23BrN2O5. The molecule has 2 heterocycles. The van der Waals surface area contributed by atoms with E-state index in [1.807, 2.05) is 13.0 Å². The van der Waals surface area contributed by atoms with Gasteiger partial charge < -0.3 is 20.1 Å². The third kappa shape index (κ3) is 3.36. The number of benzene rings is 1. The lowest BCUT2D eigenvalue weighted by Gasteiger charge is -2.50. The van der Waals surface area contributed by atoms with Crippen LogP contribution in [-0.2, 0) is 19.1 Å². The molecule has 2 saturated heterocycles. The first-order valence-electron chi connectivity index (χ1n) is 8.83. The quantitative estimate of drug-likeness (QED) is 0.704. The van der Waals surface area contributed by atoms with Crippen LogP contribution in [0.15, 0.2) is 16.6 Å². The number of carbonyl (C=O) groups excluding carboxylic acids is 3. The number of amides is 2. The van der Waals surface area contributed by atoms with E-state index >= 15 is 0 Å². The third-order valence-corrected chi connectivity index (χ3v) is 6.24. The average molecular weight is 439 g/mol. The maximum atomic E-state index is 13.1. The molecular weight excluding hydrogens is 416 g/mol. The van der Waals surface area contributed by atoms with Crippen LogP contribution in [-0.4, -0.2) is 44.1 Å². The van der Waals surface area contributed by atoms with E-state index < -0.39 is 11.0 Å². The van der Waals surface area contributed by atoms with Crippen LogP contribution >= 0.6 is 15.9 Å². The number of hydrogen-bond donors (Lipinski definition) is 2. The van der Waals surface area contributed by atoms with Crippen molar-refractivity contribution in [3.63, 3.8) is 0 Å². The van der Waals surface area contributed by atoms with Gasteiger partial charge in [-0.25, -0.2) is 0 Å². The number of fused-ring (bicyclic) bond motifs is 3. The van der Waals surface area contributed by atoms with E-state index in [4.69, 9.17) is 9.47 Å². The van der Waals surface area contributed by atoms with Crippen LogP contribution < -0.4 is 10.6 Å². The Kier molecular flexibility index (Phi) is 5.31. The summed E-state index contributed by atoms with van der Waals surface area (Å²) in [4.78, 5) is 37.4. The predicted molar refractivity (Wildman–Crippen MR) is 102 cm³/mol. The number of halogens is 1. The molecule has 4 rings (SSSR count). The van der Waals surface area contributed by atoms with Crippen molar-refractivity contribution in [3.8, 4) is 0 Å². The summed E-state index contributed by atoms with van der Waals surface area (Å²) < 4.78 is 11.4. The van der Waals surface area contributed by atoms with Crippen molar-refractivity contribution in [2.24, 2.45) is 5.41 Å². The largest absolute Gasteiger partial charge is 0.469 e. The Morgan fingerprint density at radius 1 is 1.19 bits per heavy atom. The van der Waals surface area contributed by atoms with Gasteiger partial charge in [0, 0.05) is 11.5 Å². The summed E-state index contributed by atoms with van der Waals surface area (Å²) in [5, 5.41) is 5.47. The Hall–Kier alpha value is -1.93. The minimum Gasteiger partial charge on any atom is -0.469 e. The SMILES string of the molecule is CNC(=O)c1cc(C)cc(Br)c1NC(=O)C12CCC(C(=O)OC)(CC1)CO2. The second kappa shape index (κ2) is 7.24. The van der Waals surface area contributed by atoms with E-state index in [1.54, 1.807) is 13.1 Å². The summed E-state index contributed by atoms with van der Waals surface area (Å²) in [6, 6.07) is 3.56. The molecule has 0 atom stereocenters. The van der Waals surface area contributed by atoms with E-state index in [1.165, 1.54) is 7.11 Å². The van der Waals surface area contributed by atoms with Crippen molar-refractivity contribution in [2.45, 2.75) is 38.2 Å². The van der Waals surface area contributed by atoms with Crippen molar-refractivity contribution in [1.29, 1.82) is 0 Å². The number of carbonyl (C=O) groups is 3. The molecule has 1 saturated carbocycles. The van der Waals surface area contributed by atoms with Gasteiger partial charge in [-0.2, -0.15) is 0 Å². The van der Waals surface area contributed by atoms with Gasteiger partial charge in [-0.3, -0.25) is 14.4 Å². The van der Waals surface area contributed by atoms with Gasteiger partial charge in [-0.15, -0.1) is 0 Å². The second-order valence-electron chi connectivity index (χ2n) is 7.26. The summed E-state index contributed by atoms with van der Waals surface area (Å²) >= 11 is 3.44. The molecule has 2 amide bonds. The normalized spacial score (nSPS) is 26.4. The highest BCUT2D eigenvalue weighted by Gasteiger charge is 2.57. The first-order valence-corrected chi connectivity index (χ1v) is 9.62. The first-order chi connectivity index (χ1) is 12.8. The number of hydrogen-bond acceptors (Lipinski definition) is 5. The number of rotatable bonds is 4. The molecule has 1 aromatic rings. The number of esters is 1. The van der Waals surface area contributed by atoms with E-state index in [2.05, 4.69) is 26.6 Å². The van der Waals surface area contributed by atoms with Crippen LogP contribution in [0.2, 0.25) is 0 Å². The van der Waals surface area contributed by atoms with Crippen LogP contribution in [0.5, 0.6) is 0 Å². The highest BCUT2D eigenvalue weighted by atomic mass is 79.9. The van der Waals surface area contributed by atoms with Gasteiger partial charge in [0.15, 0.2) is 0 Å². The van der Waals surface area contributed by atoms with E-state index in [9.17, 15) is 14.4 Å². The first kappa shape index (κ1) is 19.8. The Morgan fingerprint density at radius 2 is 1.85 bits per heavy atom. The van der Waals surface area contributed by atoms with Crippen LogP contribution in [0, 0.1) is 12.3 Å². The summed E-state index contributed by atoms with van der Waals surface area (Å²) in [7, 11) is 2.91. The Bertz CT molecular complexity index is 783. The molecule has 2 N–H and O–H groups in total. The molecule has 0 spiro atoms. The molecule has 0 unspecified atom stereocenters. The number of aryl methyl sites for hydroxylation is 1. The highest BCUT2D eigenvalue weighted by Crippen LogP contribution is 2.50. The molecule has 1 aromatic carbocycles. The lowest BCUT2D eigenvalue weighted by atomic mass is 9.65. The van der Waals surface area contributed by atoms with Gasteiger partial charge >= 0.3 is 5.97 Å². The van der Waals surface area contributed by atoms with Crippen molar-refractivity contribution >= 4 is 39.4 Å². The topological polar surface area (TPSA) is 93.7 Å². The van der Waals surface area contributed by atoms with Crippen LogP contribution in [0.4, 0.5) is 5.69 Å². The van der Waals surface area contributed by atoms with Crippen molar-refractivity contribution < 1.29 is 23.9 Å². The lowest BCUT2D eigenvalue weighted by molar-refractivity contribution is -0.203. The minimum atomic E-state index is -0.986. The van der Waals surface area contributed by atoms with Crippen molar-refractivity contribution in [3.05, 3.63) is 27.7 Å². The van der Waals surface area contributed by atoms with E-state index in [0.29, 0.717) is 41.4 Å². The Labute approximate surface area is 166 Å². The molecule has 2 bridgehead atoms. The second-order valence-corrected chi connectivity index (χ2v) is 8.11. The highest BCUT2D eigenvalue weighted by molar-refractivity contribution is 9.10. The third-order valence-electron chi connectivity index (χ3n) is 5.62. The summed E-state index contributed by atoms with van der Waals surface area (Å²) in [5.74, 6) is -0.861. The van der Waals surface area contributed by atoms with Crippen LogP contribution in [0.25, 0.3) is 0 Å². The molecule has 0 radical (unpaired) electrons. The average Bonchev–Trinajstić information content (AvgIpc) is 2.69. The van der Waals surface area contributed by atoms with Gasteiger partial charge in [-0.1, -0.05) is 0 Å². The van der Waals surface area contributed by atoms with Gasteiger partial charge in [0.25, 0.3) is 11.8 Å². The molecule has 7 nitrogen and oxygen atoms in total. The Morgan fingerprint density at radius 3 is 2.37 bits per heavy atom. The molecule has 3 fully saturated rings. The van der Waals surface area contributed by atoms with Gasteiger partial charge in [0.2, 0.25) is 0 Å². The lowest BCUT2D eigenvalue weighted by Crippen LogP contribution is -2.59. The smallest absolute Gasteiger partial charge is 0.314 e. The standard InChI is InChI=1S/C19H23BrN2O5/c1-11-8-12(15(23)21-2)14(13(20)9-11)22-16(24)19-6-4-18(5-7-19,10-27-19)17(25)26-3/h8-9H,4-7,10H2,1-3H3,(H,21,23)(H,22,24). The summed E-state index contributed by atoms with van der Waals surface area (Å²) in [6.45, 7) is 2.05. The Balaban J connectivity index is 1.84. The predicted octanol–water partition coefficient (Wildman–Crippen LogP) is 2.56. The summed E-state index contributed by atoms with van der Waals surface area (Å²) in [6.07, 6.45) is 1.97. The fourth-order valence-corrected chi connectivity index (χ4v) is 4.55. The molecule has 8 heteroatoms. The van der Waals surface area contributed by atoms with Crippen molar-refractivity contribution in [2.75, 3.05) is 26.1 Å². The molecule has 2 aliphatic heterocycles. The number of ether oxygens (including phenoxy) is 2. The molecule has 27 heavy (non-hydrogen) atoms. The monoisotopic (exact) mass is 438 g/mol. The molecule has 146 valence electrons. The van der Waals surface area contributed by atoms with Crippen molar-refractivity contribution in [1.82, 2.24) is 5.32 Å². The molecule has 1 aliphatic carbocycles. The zero-order valence-electron chi connectivity index (χ0n) is 15.6. The fraction of sp³-hybridized carbons (Fsp3) is 0.526. The number of methoxy groups -OCH3 is 1. The zero-order chi connectivity index (χ0) is 19.8. The zero-order valence-corrected chi connectivity index (χ0v) is 17.2. The van der Waals surface area contributed by atoms with E-state index in [0.717, 1.165) is 5.56 Å². The van der Waals surface area contributed by atoms with Gasteiger partial charge in [-0.05, 0) is 66.2 Å². The summed E-state index contributed by atoms with van der Waals surface area (Å²) in [5.41, 5.74) is 0.0585. The van der Waals surface area contributed by atoms with Crippen LogP contribution in [0.1, 0.15) is 41.6 Å². The van der Waals surface area contributed by atoms with E-state index in [-0.39, 0.29) is 24.4 Å². The minimum absolute atomic E-state index is 0.171. The maximum absolute atomic E-state index is 13.1. The maximum Gasteiger partial charge on any atom is 0.314 e. The van der Waals surface area contributed by atoms with Gasteiger partial charge in [0.05, 0.1) is 30.4 Å². The van der Waals surface area contributed by atoms with Crippen LogP contribution in [0.3, 0.4) is 0 Å². The number of nitrogens with one attached hydrogen (secondary N) is 2. The molecule has 3 aliphatic rings. The number of anilines is 1. The molecule has 0 aromatic heterocycles.